The molecule has 1 saturated carbocycles. The maximum Gasteiger partial charge on any atom is 0.214 e. The van der Waals surface area contributed by atoms with E-state index in [2.05, 4.69) is 5.32 Å². The van der Waals surface area contributed by atoms with Gasteiger partial charge in [0.2, 0.25) is 10.0 Å². The summed E-state index contributed by atoms with van der Waals surface area (Å²) < 4.78 is 25.9. The molecule has 0 spiro atoms. The van der Waals surface area contributed by atoms with Crippen molar-refractivity contribution in [2.24, 2.45) is 5.92 Å². The van der Waals surface area contributed by atoms with Crippen LogP contribution in [-0.4, -0.2) is 44.7 Å². The lowest BCUT2D eigenvalue weighted by Gasteiger charge is -2.25. The van der Waals surface area contributed by atoms with E-state index in [9.17, 15) is 8.42 Å². The van der Waals surface area contributed by atoms with E-state index in [0.717, 1.165) is 51.4 Å². The summed E-state index contributed by atoms with van der Waals surface area (Å²) in [6.45, 7) is 3.38. The maximum atomic E-state index is 12.1. The lowest BCUT2D eigenvalue weighted by Crippen LogP contribution is -2.37. The van der Waals surface area contributed by atoms with Crippen LogP contribution in [0.2, 0.25) is 0 Å². The molecule has 19 heavy (non-hydrogen) atoms. The van der Waals surface area contributed by atoms with Gasteiger partial charge in [-0.1, -0.05) is 19.3 Å². The summed E-state index contributed by atoms with van der Waals surface area (Å²) >= 11 is 0. The van der Waals surface area contributed by atoms with Crippen molar-refractivity contribution >= 4 is 10.0 Å². The van der Waals surface area contributed by atoms with E-state index >= 15 is 0 Å². The van der Waals surface area contributed by atoms with Crippen molar-refractivity contribution in [1.29, 1.82) is 0 Å². The fraction of sp³-hybridized carbons (Fsp3) is 1.00. The number of sulfonamides is 1. The molecule has 1 aliphatic heterocycles. The van der Waals surface area contributed by atoms with Crippen molar-refractivity contribution in [3.05, 3.63) is 0 Å². The second kappa shape index (κ2) is 7.60. The van der Waals surface area contributed by atoms with Crippen LogP contribution in [-0.2, 0) is 10.0 Å². The van der Waals surface area contributed by atoms with Crippen LogP contribution in [0.25, 0.3) is 0 Å². The molecule has 0 radical (unpaired) electrons. The summed E-state index contributed by atoms with van der Waals surface area (Å²) in [6.07, 6.45) is 9.41. The number of piperidine rings is 1. The molecule has 0 amide bonds. The molecule has 1 heterocycles. The van der Waals surface area contributed by atoms with Gasteiger partial charge < -0.3 is 5.32 Å². The van der Waals surface area contributed by atoms with Crippen LogP contribution in [0.15, 0.2) is 0 Å². The first-order chi connectivity index (χ1) is 9.18. The molecule has 5 heteroatoms. The van der Waals surface area contributed by atoms with Gasteiger partial charge in [0.25, 0.3) is 0 Å². The third-order valence-electron chi connectivity index (χ3n) is 4.37. The van der Waals surface area contributed by atoms with Crippen molar-refractivity contribution in [2.75, 3.05) is 31.9 Å². The van der Waals surface area contributed by atoms with Crippen LogP contribution in [0.3, 0.4) is 0 Å². The second-order valence-corrected chi connectivity index (χ2v) is 8.07. The fourth-order valence-corrected chi connectivity index (χ4v) is 4.75. The Morgan fingerprint density at radius 1 is 1.00 bits per heavy atom. The molecule has 0 aromatic rings. The number of hydrogen-bond donors (Lipinski definition) is 1. The third-order valence-corrected chi connectivity index (χ3v) is 6.33. The zero-order chi connectivity index (χ0) is 13.6. The molecule has 2 rings (SSSR count). The summed E-state index contributed by atoms with van der Waals surface area (Å²) in [5.74, 6) is 1.14. The van der Waals surface area contributed by atoms with Crippen LogP contribution in [0.1, 0.15) is 51.4 Å². The maximum absolute atomic E-state index is 12.1. The predicted molar refractivity (Wildman–Crippen MR) is 78.7 cm³/mol. The summed E-state index contributed by atoms with van der Waals surface area (Å²) in [7, 11) is -2.99. The topological polar surface area (TPSA) is 49.4 Å². The smallest absolute Gasteiger partial charge is 0.214 e. The van der Waals surface area contributed by atoms with Crippen molar-refractivity contribution in [2.45, 2.75) is 51.4 Å². The minimum absolute atomic E-state index is 0.310. The largest absolute Gasteiger partial charge is 0.316 e. The number of nitrogens with one attached hydrogen (secondary N) is 1. The molecule has 4 nitrogen and oxygen atoms in total. The van der Waals surface area contributed by atoms with Crippen LogP contribution in [0, 0.1) is 5.92 Å². The van der Waals surface area contributed by atoms with Crippen LogP contribution in [0.4, 0.5) is 0 Å². The van der Waals surface area contributed by atoms with E-state index in [-0.39, 0.29) is 0 Å². The third kappa shape index (κ3) is 5.04. The predicted octanol–water partition coefficient (Wildman–Crippen LogP) is 1.97. The highest BCUT2D eigenvalue weighted by atomic mass is 32.2. The van der Waals surface area contributed by atoms with Gasteiger partial charge >= 0.3 is 0 Å². The van der Waals surface area contributed by atoms with Gasteiger partial charge in [-0.2, -0.15) is 0 Å². The average Bonchev–Trinajstić information content (AvgIpc) is 2.92. The molecule has 1 aliphatic carbocycles. The van der Waals surface area contributed by atoms with Crippen molar-refractivity contribution in [3.63, 3.8) is 0 Å². The quantitative estimate of drug-likeness (QED) is 0.729. The zero-order valence-electron chi connectivity index (χ0n) is 11.9. The normalized spacial score (nSPS) is 22.9. The Morgan fingerprint density at radius 3 is 2.37 bits per heavy atom. The number of rotatable bonds is 7. The molecular weight excluding hydrogens is 260 g/mol. The Hall–Kier alpha value is -0.130. The van der Waals surface area contributed by atoms with Gasteiger partial charge in [-0.15, -0.1) is 0 Å². The van der Waals surface area contributed by atoms with Crippen LogP contribution < -0.4 is 5.32 Å². The lowest BCUT2D eigenvalue weighted by atomic mass is 10.1. The van der Waals surface area contributed by atoms with E-state index < -0.39 is 10.0 Å². The Kier molecular flexibility index (Phi) is 6.10. The SMILES string of the molecule is O=S(=O)(CCCNCC1CCCC1)N1CCCCC1. The molecule has 0 bridgehead atoms. The summed E-state index contributed by atoms with van der Waals surface area (Å²) in [5.41, 5.74) is 0. The highest BCUT2D eigenvalue weighted by Gasteiger charge is 2.23. The Balaban J connectivity index is 1.58. The monoisotopic (exact) mass is 288 g/mol. The molecular formula is C14H28N2O2S. The van der Waals surface area contributed by atoms with Crippen LogP contribution >= 0.6 is 0 Å². The Morgan fingerprint density at radius 2 is 1.68 bits per heavy atom. The van der Waals surface area contributed by atoms with E-state index in [1.807, 2.05) is 0 Å². The minimum Gasteiger partial charge on any atom is -0.316 e. The molecule has 0 unspecified atom stereocenters. The van der Waals surface area contributed by atoms with Gasteiger partial charge in [0.05, 0.1) is 5.75 Å². The summed E-state index contributed by atoms with van der Waals surface area (Å²) in [5, 5.41) is 3.42. The highest BCUT2D eigenvalue weighted by Crippen LogP contribution is 2.23. The summed E-state index contributed by atoms with van der Waals surface area (Å²) in [6, 6.07) is 0. The highest BCUT2D eigenvalue weighted by molar-refractivity contribution is 7.89. The van der Waals surface area contributed by atoms with Crippen molar-refractivity contribution in [3.8, 4) is 0 Å². The van der Waals surface area contributed by atoms with E-state index in [4.69, 9.17) is 0 Å². The molecule has 1 saturated heterocycles. The molecule has 1 N–H and O–H groups in total. The number of nitrogens with zero attached hydrogens (tertiary/aromatic N) is 1. The minimum atomic E-state index is -2.99. The molecule has 0 aromatic heterocycles. The lowest BCUT2D eigenvalue weighted by molar-refractivity contribution is 0.346. The van der Waals surface area contributed by atoms with E-state index in [1.54, 1.807) is 4.31 Å². The Labute approximate surface area is 118 Å². The van der Waals surface area contributed by atoms with Gasteiger partial charge in [-0.3, -0.25) is 0 Å². The van der Waals surface area contributed by atoms with Gasteiger partial charge in [0.1, 0.15) is 0 Å². The molecule has 0 aromatic carbocycles. The molecule has 2 aliphatic rings. The first-order valence-electron chi connectivity index (χ1n) is 7.87. The fourth-order valence-electron chi connectivity index (χ4n) is 3.17. The Bertz CT molecular complexity index is 344. The first-order valence-corrected chi connectivity index (χ1v) is 9.48. The molecule has 112 valence electrons. The second-order valence-electron chi connectivity index (χ2n) is 5.98. The molecule has 2 fully saturated rings. The average molecular weight is 288 g/mol. The van der Waals surface area contributed by atoms with Gasteiger partial charge in [-0.05, 0) is 51.1 Å². The van der Waals surface area contributed by atoms with Gasteiger partial charge in [-0.25, -0.2) is 12.7 Å². The summed E-state index contributed by atoms with van der Waals surface area (Å²) in [4.78, 5) is 0. The van der Waals surface area contributed by atoms with Gasteiger partial charge in [0.15, 0.2) is 0 Å². The van der Waals surface area contributed by atoms with E-state index in [0.29, 0.717) is 5.75 Å². The van der Waals surface area contributed by atoms with Crippen molar-refractivity contribution < 1.29 is 8.42 Å². The zero-order valence-corrected chi connectivity index (χ0v) is 12.8. The van der Waals surface area contributed by atoms with Crippen molar-refractivity contribution in [1.82, 2.24) is 9.62 Å². The first kappa shape index (κ1) is 15.3. The van der Waals surface area contributed by atoms with Crippen LogP contribution in [0.5, 0.6) is 0 Å². The van der Waals surface area contributed by atoms with Gasteiger partial charge in [0, 0.05) is 13.1 Å². The molecule has 0 atom stereocenters. The van der Waals surface area contributed by atoms with E-state index in [1.165, 1.54) is 32.1 Å². The standard InChI is InChI=1S/C14H28N2O2S/c17-19(18,16-10-4-1-5-11-16)12-6-9-15-13-14-7-2-3-8-14/h14-15H,1-13H2. The number of hydrogen-bond acceptors (Lipinski definition) is 3.